The minimum atomic E-state index is -0.460. The van der Waals surface area contributed by atoms with Crippen LogP contribution in [0.4, 0.5) is 5.69 Å². The van der Waals surface area contributed by atoms with Crippen LogP contribution in [0.1, 0.15) is 31.2 Å². The lowest BCUT2D eigenvalue weighted by molar-refractivity contribution is -0.385. The average molecular weight is 287 g/mol. The summed E-state index contributed by atoms with van der Waals surface area (Å²) >= 11 is 0. The predicted octanol–water partition coefficient (Wildman–Crippen LogP) is 2.48. The molecule has 6 nitrogen and oxygen atoms in total. The summed E-state index contributed by atoms with van der Waals surface area (Å²) in [6, 6.07) is 6.32. The van der Waals surface area contributed by atoms with E-state index in [1.807, 2.05) is 0 Å². The van der Waals surface area contributed by atoms with E-state index < -0.39 is 4.92 Å². The number of hydrogen-bond donors (Lipinski definition) is 1. The van der Waals surface area contributed by atoms with Gasteiger partial charge in [-0.05, 0) is 30.7 Å². The Morgan fingerprint density at radius 2 is 1.95 bits per heavy atom. The Morgan fingerprint density at radius 3 is 2.62 bits per heavy atom. The Labute approximate surface area is 122 Å². The molecule has 0 aliphatic heterocycles. The van der Waals surface area contributed by atoms with Gasteiger partial charge in [-0.25, -0.2) is 5.43 Å². The number of para-hydroxylation sites is 1. The number of carbonyl (C=O) groups excluding carboxylic acids is 1. The fraction of sp³-hybridized carbons (Fsp3) is 0.467. The van der Waals surface area contributed by atoms with Crippen LogP contribution in [0.2, 0.25) is 0 Å². The fourth-order valence-electron chi connectivity index (χ4n) is 3.38. The van der Waals surface area contributed by atoms with Crippen LogP contribution in [0.15, 0.2) is 29.4 Å². The molecular weight excluding hydrogens is 270 g/mol. The molecule has 2 saturated carbocycles. The maximum Gasteiger partial charge on any atom is 0.278 e. The zero-order valence-electron chi connectivity index (χ0n) is 11.6. The largest absolute Gasteiger partial charge is 0.278 e. The second-order valence-corrected chi connectivity index (χ2v) is 5.69. The Balaban J connectivity index is 1.60. The number of fused-ring (bicyclic) bond motifs is 1. The summed E-state index contributed by atoms with van der Waals surface area (Å²) in [5.41, 5.74) is 2.89. The smallest absolute Gasteiger partial charge is 0.273 e. The molecule has 0 saturated heterocycles. The van der Waals surface area contributed by atoms with Gasteiger partial charge in [0.05, 0.1) is 16.7 Å². The quantitative estimate of drug-likeness (QED) is 0.524. The number of nitro benzene ring substituents is 1. The van der Waals surface area contributed by atoms with Crippen molar-refractivity contribution in [1.29, 1.82) is 0 Å². The summed E-state index contributed by atoms with van der Waals surface area (Å²) in [6.45, 7) is 0. The summed E-state index contributed by atoms with van der Waals surface area (Å²) in [5.74, 6) is 1.09. The molecule has 2 atom stereocenters. The normalized spacial score (nSPS) is 27.1. The molecule has 0 spiro atoms. The minimum absolute atomic E-state index is 0.0180. The van der Waals surface area contributed by atoms with Crippen LogP contribution in [0.3, 0.4) is 0 Å². The van der Waals surface area contributed by atoms with E-state index in [0.29, 0.717) is 17.4 Å². The van der Waals surface area contributed by atoms with Gasteiger partial charge in [-0.1, -0.05) is 25.0 Å². The van der Waals surface area contributed by atoms with Crippen LogP contribution in [0.25, 0.3) is 0 Å². The minimum Gasteiger partial charge on any atom is -0.273 e. The van der Waals surface area contributed by atoms with Crippen molar-refractivity contribution >= 4 is 17.8 Å². The average Bonchev–Trinajstić information content (AvgIpc) is 3.22. The van der Waals surface area contributed by atoms with Gasteiger partial charge >= 0.3 is 0 Å². The van der Waals surface area contributed by atoms with Crippen molar-refractivity contribution in [3.05, 3.63) is 39.9 Å². The van der Waals surface area contributed by atoms with Crippen molar-refractivity contribution in [2.45, 2.75) is 25.7 Å². The van der Waals surface area contributed by atoms with E-state index in [4.69, 9.17) is 0 Å². The number of hydrogen-bond acceptors (Lipinski definition) is 4. The number of rotatable bonds is 4. The van der Waals surface area contributed by atoms with Crippen LogP contribution in [0.5, 0.6) is 0 Å². The van der Waals surface area contributed by atoms with E-state index in [9.17, 15) is 14.9 Å². The third kappa shape index (κ3) is 2.79. The molecule has 0 aromatic heterocycles. The Kier molecular flexibility index (Phi) is 3.68. The first-order valence-electron chi connectivity index (χ1n) is 7.25. The van der Waals surface area contributed by atoms with E-state index in [-0.39, 0.29) is 17.5 Å². The van der Waals surface area contributed by atoms with Gasteiger partial charge < -0.3 is 0 Å². The summed E-state index contributed by atoms with van der Waals surface area (Å²) in [4.78, 5) is 22.4. The third-order valence-corrected chi connectivity index (χ3v) is 4.47. The molecule has 2 aliphatic rings. The van der Waals surface area contributed by atoms with Crippen LogP contribution < -0.4 is 5.43 Å². The van der Waals surface area contributed by atoms with Crippen molar-refractivity contribution in [1.82, 2.24) is 5.43 Å². The van der Waals surface area contributed by atoms with E-state index in [2.05, 4.69) is 10.5 Å². The lowest BCUT2D eigenvalue weighted by Crippen LogP contribution is -2.20. The first kappa shape index (κ1) is 13.7. The summed E-state index contributed by atoms with van der Waals surface area (Å²) in [7, 11) is 0. The Morgan fingerprint density at radius 1 is 1.29 bits per heavy atom. The number of nitro groups is 1. The lowest BCUT2D eigenvalue weighted by Gasteiger charge is -2.04. The monoisotopic (exact) mass is 287 g/mol. The highest BCUT2D eigenvalue weighted by molar-refractivity contribution is 5.87. The van der Waals surface area contributed by atoms with Crippen LogP contribution >= 0.6 is 0 Å². The summed E-state index contributed by atoms with van der Waals surface area (Å²) < 4.78 is 0. The standard InChI is InChI=1S/C15H17N3O3/c19-15(14-11-6-2-3-7-12(11)14)17-16-9-10-5-1-4-8-13(10)18(20)21/h1,4-5,8-9,11-12,14H,2-3,6-7H2,(H,17,19)/t11-,12-/m0/s1. The maximum absolute atomic E-state index is 12.0. The summed E-state index contributed by atoms with van der Waals surface area (Å²) in [6.07, 6.45) is 6.03. The van der Waals surface area contributed by atoms with Gasteiger partial charge in [-0.2, -0.15) is 5.10 Å². The number of benzene rings is 1. The van der Waals surface area contributed by atoms with Crippen molar-refractivity contribution < 1.29 is 9.72 Å². The van der Waals surface area contributed by atoms with Crippen molar-refractivity contribution in [3.8, 4) is 0 Å². The van der Waals surface area contributed by atoms with Gasteiger partial charge in [0.25, 0.3) is 5.69 Å². The number of nitrogens with one attached hydrogen (secondary N) is 1. The van der Waals surface area contributed by atoms with Crippen molar-refractivity contribution in [3.63, 3.8) is 0 Å². The molecule has 1 aromatic carbocycles. The topological polar surface area (TPSA) is 84.6 Å². The lowest BCUT2D eigenvalue weighted by atomic mass is 10.0. The van der Waals surface area contributed by atoms with Gasteiger partial charge in [-0.15, -0.1) is 0 Å². The third-order valence-electron chi connectivity index (χ3n) is 4.47. The zero-order chi connectivity index (χ0) is 14.8. The molecule has 1 amide bonds. The fourth-order valence-corrected chi connectivity index (χ4v) is 3.38. The van der Waals surface area contributed by atoms with E-state index in [0.717, 1.165) is 12.8 Å². The highest BCUT2D eigenvalue weighted by Gasteiger charge is 2.54. The molecule has 110 valence electrons. The molecule has 1 aromatic rings. The Hall–Kier alpha value is -2.24. The van der Waals surface area contributed by atoms with Gasteiger partial charge in [0.2, 0.25) is 5.91 Å². The summed E-state index contributed by atoms with van der Waals surface area (Å²) in [5, 5.41) is 14.7. The van der Waals surface area contributed by atoms with E-state index >= 15 is 0 Å². The first-order chi connectivity index (χ1) is 10.2. The molecule has 1 N–H and O–H groups in total. The molecule has 2 fully saturated rings. The first-order valence-corrected chi connectivity index (χ1v) is 7.25. The van der Waals surface area contributed by atoms with Gasteiger partial charge in [0, 0.05) is 12.0 Å². The number of carbonyl (C=O) groups is 1. The predicted molar refractivity (Wildman–Crippen MR) is 77.8 cm³/mol. The molecular formula is C15H17N3O3. The number of nitrogens with zero attached hydrogens (tertiary/aromatic N) is 2. The van der Waals surface area contributed by atoms with Gasteiger partial charge in [-0.3, -0.25) is 14.9 Å². The van der Waals surface area contributed by atoms with Gasteiger partial charge in [0.1, 0.15) is 0 Å². The molecule has 0 bridgehead atoms. The van der Waals surface area contributed by atoms with Crippen molar-refractivity contribution in [2.75, 3.05) is 0 Å². The maximum atomic E-state index is 12.0. The number of amides is 1. The molecule has 2 aliphatic carbocycles. The molecule has 6 heteroatoms. The second-order valence-electron chi connectivity index (χ2n) is 5.69. The van der Waals surface area contributed by atoms with E-state index in [1.54, 1.807) is 18.2 Å². The second kappa shape index (κ2) is 5.63. The molecule has 0 unspecified atom stereocenters. The van der Waals surface area contributed by atoms with Crippen LogP contribution in [-0.2, 0) is 4.79 Å². The van der Waals surface area contributed by atoms with E-state index in [1.165, 1.54) is 25.1 Å². The Bertz CT molecular complexity index is 588. The molecule has 3 rings (SSSR count). The molecule has 0 heterocycles. The van der Waals surface area contributed by atoms with Crippen LogP contribution in [-0.4, -0.2) is 17.0 Å². The molecule has 0 radical (unpaired) electrons. The molecule has 21 heavy (non-hydrogen) atoms. The van der Waals surface area contributed by atoms with Crippen LogP contribution in [0, 0.1) is 27.9 Å². The zero-order valence-corrected chi connectivity index (χ0v) is 11.6. The number of hydrazone groups is 1. The SMILES string of the molecule is O=C(NN=Cc1ccccc1[N+](=O)[O-])C1[C@H]2CCCC[C@H]12. The van der Waals surface area contributed by atoms with Gasteiger partial charge in [0.15, 0.2) is 0 Å². The highest BCUT2D eigenvalue weighted by Crippen LogP contribution is 2.55. The van der Waals surface area contributed by atoms with Crippen molar-refractivity contribution in [2.24, 2.45) is 22.9 Å². The highest BCUT2D eigenvalue weighted by atomic mass is 16.6.